The van der Waals surface area contributed by atoms with E-state index in [1.165, 1.54) is 17.0 Å². The first-order valence-corrected chi connectivity index (χ1v) is 9.00. The Morgan fingerprint density at radius 2 is 1.96 bits per heavy atom. The van der Waals surface area contributed by atoms with Gasteiger partial charge in [0, 0.05) is 30.9 Å². The Hall–Kier alpha value is -2.28. The highest BCUT2D eigenvalue weighted by Gasteiger charge is 2.27. The number of carbonyl (C=O) groups excluding carboxylic acids is 1. The van der Waals surface area contributed by atoms with Gasteiger partial charge in [-0.2, -0.15) is 0 Å². The second-order valence-corrected chi connectivity index (χ2v) is 7.09. The molecule has 4 rings (SSSR count). The molecular formula is C17H19N5OS. The minimum absolute atomic E-state index is 0.114. The standard InChI is InChI=1S/C17H19N5OS/c1-11-16(24-10-20-11)17(23)21-5-3-13(4-6-21)15-9-18-7-14-8-19-12(2)22(14)15/h7-10,13H,3-6H2,1-2H3. The number of piperidine rings is 1. The van der Waals surface area contributed by atoms with E-state index in [9.17, 15) is 4.79 Å². The molecule has 1 amide bonds. The molecule has 0 aromatic carbocycles. The highest BCUT2D eigenvalue weighted by Crippen LogP contribution is 2.30. The smallest absolute Gasteiger partial charge is 0.265 e. The summed E-state index contributed by atoms with van der Waals surface area (Å²) in [6.07, 6.45) is 7.53. The molecule has 0 bridgehead atoms. The van der Waals surface area contributed by atoms with Crippen LogP contribution in [0.2, 0.25) is 0 Å². The zero-order chi connectivity index (χ0) is 16.7. The third kappa shape index (κ3) is 2.49. The number of amides is 1. The fourth-order valence-electron chi connectivity index (χ4n) is 3.45. The number of nitrogens with zero attached hydrogens (tertiary/aromatic N) is 5. The zero-order valence-corrected chi connectivity index (χ0v) is 14.6. The first-order valence-electron chi connectivity index (χ1n) is 8.12. The Labute approximate surface area is 144 Å². The summed E-state index contributed by atoms with van der Waals surface area (Å²) in [6, 6.07) is 0. The molecule has 1 fully saturated rings. The summed E-state index contributed by atoms with van der Waals surface area (Å²) in [5.41, 5.74) is 4.80. The molecule has 124 valence electrons. The van der Waals surface area contributed by atoms with Crippen molar-refractivity contribution in [3.8, 4) is 0 Å². The van der Waals surface area contributed by atoms with Crippen LogP contribution in [0.5, 0.6) is 0 Å². The van der Waals surface area contributed by atoms with Crippen molar-refractivity contribution in [3.63, 3.8) is 0 Å². The molecule has 0 radical (unpaired) electrons. The number of rotatable bonds is 2. The number of fused-ring (bicyclic) bond motifs is 1. The topological polar surface area (TPSA) is 63.4 Å². The number of hydrogen-bond acceptors (Lipinski definition) is 5. The van der Waals surface area contributed by atoms with E-state index >= 15 is 0 Å². The van der Waals surface area contributed by atoms with Crippen LogP contribution in [0.4, 0.5) is 0 Å². The molecule has 0 saturated carbocycles. The Kier molecular flexibility index (Phi) is 3.80. The molecule has 0 spiro atoms. The second kappa shape index (κ2) is 5.98. The third-order valence-electron chi connectivity index (χ3n) is 4.78. The van der Waals surface area contributed by atoms with E-state index in [1.807, 2.05) is 37.3 Å². The average Bonchev–Trinajstić information content (AvgIpc) is 3.20. The maximum absolute atomic E-state index is 12.6. The molecule has 24 heavy (non-hydrogen) atoms. The van der Waals surface area contributed by atoms with Crippen molar-refractivity contribution in [2.75, 3.05) is 13.1 Å². The van der Waals surface area contributed by atoms with E-state index in [0.717, 1.165) is 47.8 Å². The van der Waals surface area contributed by atoms with Gasteiger partial charge in [0.2, 0.25) is 0 Å². The van der Waals surface area contributed by atoms with E-state index in [0.29, 0.717) is 5.92 Å². The van der Waals surface area contributed by atoms with E-state index in [4.69, 9.17) is 0 Å². The number of aryl methyl sites for hydroxylation is 2. The summed E-state index contributed by atoms with van der Waals surface area (Å²) in [7, 11) is 0. The molecule has 4 heterocycles. The molecule has 3 aromatic rings. The van der Waals surface area contributed by atoms with Gasteiger partial charge in [0.25, 0.3) is 5.91 Å². The summed E-state index contributed by atoms with van der Waals surface area (Å²) >= 11 is 1.43. The van der Waals surface area contributed by atoms with Gasteiger partial charge in [-0.3, -0.25) is 14.2 Å². The quantitative estimate of drug-likeness (QED) is 0.719. The number of likely N-dealkylation sites (tertiary alicyclic amines) is 1. The van der Waals surface area contributed by atoms with Crippen LogP contribution >= 0.6 is 11.3 Å². The van der Waals surface area contributed by atoms with Crippen LogP contribution < -0.4 is 0 Å². The number of aromatic nitrogens is 4. The zero-order valence-electron chi connectivity index (χ0n) is 13.8. The maximum Gasteiger partial charge on any atom is 0.265 e. The van der Waals surface area contributed by atoms with Crippen LogP contribution in [-0.4, -0.2) is 43.2 Å². The summed E-state index contributed by atoms with van der Waals surface area (Å²) in [5.74, 6) is 1.51. The lowest BCUT2D eigenvalue weighted by Crippen LogP contribution is -2.38. The molecule has 1 saturated heterocycles. The fourth-order valence-corrected chi connectivity index (χ4v) is 4.22. The summed E-state index contributed by atoms with van der Waals surface area (Å²) in [6.45, 7) is 5.45. The van der Waals surface area contributed by atoms with E-state index in [-0.39, 0.29) is 5.91 Å². The minimum Gasteiger partial charge on any atom is -0.338 e. The van der Waals surface area contributed by atoms with Gasteiger partial charge < -0.3 is 4.90 Å². The van der Waals surface area contributed by atoms with Gasteiger partial charge >= 0.3 is 0 Å². The van der Waals surface area contributed by atoms with Crippen LogP contribution in [0.15, 0.2) is 24.1 Å². The molecule has 1 aliphatic heterocycles. The molecule has 7 heteroatoms. The number of hydrogen-bond donors (Lipinski definition) is 0. The fraction of sp³-hybridized carbons (Fsp3) is 0.412. The number of carbonyl (C=O) groups is 1. The van der Waals surface area contributed by atoms with E-state index < -0.39 is 0 Å². The van der Waals surface area contributed by atoms with Crippen molar-refractivity contribution in [2.45, 2.75) is 32.6 Å². The Balaban J connectivity index is 1.53. The SMILES string of the molecule is Cc1ncsc1C(=O)N1CCC(c2cncc3cnc(C)n23)CC1. The van der Waals surface area contributed by atoms with E-state index in [1.54, 1.807) is 5.51 Å². The number of imidazole rings is 1. The van der Waals surface area contributed by atoms with Gasteiger partial charge in [-0.1, -0.05) is 0 Å². The van der Waals surface area contributed by atoms with Crippen LogP contribution in [0.25, 0.3) is 5.52 Å². The van der Waals surface area contributed by atoms with Crippen molar-refractivity contribution >= 4 is 22.8 Å². The van der Waals surface area contributed by atoms with Crippen molar-refractivity contribution < 1.29 is 4.79 Å². The molecule has 0 aliphatic carbocycles. The van der Waals surface area contributed by atoms with Gasteiger partial charge in [0.15, 0.2) is 0 Å². The van der Waals surface area contributed by atoms with Gasteiger partial charge in [-0.05, 0) is 26.7 Å². The first-order chi connectivity index (χ1) is 11.6. The van der Waals surface area contributed by atoms with Crippen molar-refractivity contribution in [2.24, 2.45) is 0 Å². The molecule has 6 nitrogen and oxygen atoms in total. The molecule has 0 atom stereocenters. The Bertz CT molecular complexity index is 891. The lowest BCUT2D eigenvalue weighted by Gasteiger charge is -2.32. The van der Waals surface area contributed by atoms with E-state index in [2.05, 4.69) is 19.4 Å². The summed E-state index contributed by atoms with van der Waals surface area (Å²) in [4.78, 5) is 28.3. The minimum atomic E-state index is 0.114. The van der Waals surface area contributed by atoms with Gasteiger partial charge in [-0.15, -0.1) is 11.3 Å². The van der Waals surface area contributed by atoms with Gasteiger partial charge in [0.1, 0.15) is 10.7 Å². The first kappa shape index (κ1) is 15.3. The van der Waals surface area contributed by atoms with Crippen molar-refractivity contribution in [1.29, 1.82) is 0 Å². The summed E-state index contributed by atoms with van der Waals surface area (Å²) < 4.78 is 2.18. The normalized spacial score (nSPS) is 16.0. The van der Waals surface area contributed by atoms with Crippen LogP contribution in [-0.2, 0) is 0 Å². The largest absolute Gasteiger partial charge is 0.338 e. The van der Waals surface area contributed by atoms with Crippen molar-refractivity contribution in [1.82, 2.24) is 24.3 Å². The molecule has 0 unspecified atom stereocenters. The monoisotopic (exact) mass is 341 g/mol. The van der Waals surface area contributed by atoms with Crippen LogP contribution in [0, 0.1) is 13.8 Å². The van der Waals surface area contributed by atoms with Crippen LogP contribution in [0.3, 0.4) is 0 Å². The van der Waals surface area contributed by atoms with Crippen molar-refractivity contribution in [3.05, 3.63) is 46.2 Å². The highest BCUT2D eigenvalue weighted by atomic mass is 32.1. The lowest BCUT2D eigenvalue weighted by atomic mass is 9.93. The van der Waals surface area contributed by atoms with Crippen LogP contribution in [0.1, 0.15) is 45.6 Å². The molecule has 3 aromatic heterocycles. The highest BCUT2D eigenvalue weighted by molar-refractivity contribution is 7.11. The average molecular weight is 341 g/mol. The Morgan fingerprint density at radius 3 is 2.67 bits per heavy atom. The second-order valence-electron chi connectivity index (χ2n) is 6.23. The molecule has 1 aliphatic rings. The number of thiazole rings is 1. The van der Waals surface area contributed by atoms with Gasteiger partial charge in [0.05, 0.1) is 29.1 Å². The lowest BCUT2D eigenvalue weighted by molar-refractivity contribution is 0.0715. The maximum atomic E-state index is 12.6. The summed E-state index contributed by atoms with van der Waals surface area (Å²) in [5, 5.41) is 0. The predicted molar refractivity (Wildman–Crippen MR) is 92.5 cm³/mol. The predicted octanol–water partition coefficient (Wildman–Crippen LogP) is 2.82. The molecule has 0 N–H and O–H groups in total. The van der Waals surface area contributed by atoms with Gasteiger partial charge in [-0.25, -0.2) is 9.97 Å². The third-order valence-corrected chi connectivity index (χ3v) is 5.69. The molecular weight excluding hydrogens is 322 g/mol. The Morgan fingerprint density at radius 1 is 1.17 bits per heavy atom.